The number of allylic oxidation sites excluding steroid dienone is 1. The van der Waals surface area contributed by atoms with Crippen molar-refractivity contribution >= 4 is 11.9 Å². The van der Waals surface area contributed by atoms with E-state index in [2.05, 4.69) is 11.7 Å². The quantitative estimate of drug-likeness (QED) is 0.405. The van der Waals surface area contributed by atoms with Crippen LogP contribution in [-0.2, 0) is 4.79 Å². The first-order valence-corrected chi connectivity index (χ1v) is 3.86. The summed E-state index contributed by atoms with van der Waals surface area (Å²) in [4.78, 5) is 10.5. The minimum Gasteiger partial charge on any atom is -0.295 e. The number of carbonyl (C=O) groups is 1. The first-order valence-electron chi connectivity index (χ1n) is 3.86. The molecule has 1 aromatic carbocycles. The molecule has 0 radical (unpaired) electrons. The summed E-state index contributed by atoms with van der Waals surface area (Å²) >= 11 is 0. The van der Waals surface area contributed by atoms with Gasteiger partial charge in [-0.2, -0.15) is 0 Å². The zero-order chi connectivity index (χ0) is 10.1. The van der Waals surface area contributed by atoms with E-state index in [4.69, 9.17) is 0 Å². The molecule has 4 N–H and O–H groups in total. The summed E-state index contributed by atoms with van der Waals surface area (Å²) in [5.41, 5.74) is 1.06. The lowest BCUT2D eigenvalue weighted by Crippen LogP contribution is -2.02. The number of nitrogens with two attached hydrogens (primary N) is 2. The molecule has 0 aliphatic heterocycles. The molecule has 0 aliphatic carbocycles. The first-order chi connectivity index (χ1) is 6.29. The second-order valence-electron chi connectivity index (χ2n) is 2.35. The molecule has 3 heteroatoms. The minimum atomic E-state index is 0.0776. The van der Waals surface area contributed by atoms with Crippen molar-refractivity contribution in [2.24, 2.45) is 11.7 Å². The third-order valence-electron chi connectivity index (χ3n) is 1.31. The molecule has 13 heavy (non-hydrogen) atoms. The molecule has 0 amide bonds. The van der Waals surface area contributed by atoms with Gasteiger partial charge in [-0.05, 0) is 18.6 Å². The van der Waals surface area contributed by atoms with Gasteiger partial charge in [-0.3, -0.25) is 16.5 Å². The Labute approximate surface area is 78.0 Å². The molecule has 0 atom stereocenters. The van der Waals surface area contributed by atoms with Crippen molar-refractivity contribution in [2.45, 2.75) is 6.92 Å². The van der Waals surface area contributed by atoms with Gasteiger partial charge in [-0.15, -0.1) is 0 Å². The Morgan fingerprint density at radius 3 is 2.23 bits per heavy atom. The molecular formula is C10H14N2O. The molecule has 0 spiro atoms. The van der Waals surface area contributed by atoms with Crippen molar-refractivity contribution in [2.75, 3.05) is 0 Å². The van der Waals surface area contributed by atoms with Crippen LogP contribution in [0.25, 0.3) is 6.08 Å². The van der Waals surface area contributed by atoms with Gasteiger partial charge < -0.3 is 0 Å². The molecule has 0 heterocycles. The topological polar surface area (TPSA) is 69.1 Å². The van der Waals surface area contributed by atoms with Gasteiger partial charge in [0.25, 0.3) is 0 Å². The Balaban J connectivity index is 0.000000671. The van der Waals surface area contributed by atoms with Gasteiger partial charge in [0.2, 0.25) is 0 Å². The Kier molecular flexibility index (Phi) is 6.41. The molecule has 3 nitrogen and oxygen atoms in total. The van der Waals surface area contributed by atoms with E-state index in [1.807, 2.05) is 36.4 Å². The molecule has 0 bridgehead atoms. The number of hydrogen-bond donors (Lipinski definition) is 2. The zero-order valence-electron chi connectivity index (χ0n) is 7.60. The second-order valence-corrected chi connectivity index (χ2v) is 2.35. The second kappa shape index (κ2) is 7.21. The molecule has 0 aliphatic rings. The highest BCUT2D eigenvalue weighted by Crippen LogP contribution is 2.00. The van der Waals surface area contributed by atoms with Crippen molar-refractivity contribution in [3.8, 4) is 0 Å². The van der Waals surface area contributed by atoms with Gasteiger partial charge >= 0.3 is 0 Å². The molecule has 1 aromatic rings. The number of hydrogen-bond acceptors (Lipinski definition) is 3. The Bertz CT molecular complexity index is 268. The van der Waals surface area contributed by atoms with Crippen molar-refractivity contribution in [3.63, 3.8) is 0 Å². The third-order valence-corrected chi connectivity index (χ3v) is 1.31. The van der Waals surface area contributed by atoms with Crippen LogP contribution in [0.1, 0.15) is 12.5 Å². The van der Waals surface area contributed by atoms with E-state index in [0.29, 0.717) is 0 Å². The van der Waals surface area contributed by atoms with Gasteiger partial charge in [0.05, 0.1) is 0 Å². The number of rotatable bonds is 2. The molecule has 0 fully saturated rings. The average molecular weight is 178 g/mol. The third kappa shape index (κ3) is 5.78. The summed E-state index contributed by atoms with van der Waals surface area (Å²) in [6.45, 7) is 1.54. The van der Waals surface area contributed by atoms with Crippen molar-refractivity contribution < 1.29 is 4.79 Å². The predicted molar refractivity (Wildman–Crippen MR) is 54.5 cm³/mol. The Morgan fingerprint density at radius 2 is 1.77 bits per heavy atom. The highest BCUT2D eigenvalue weighted by Gasteiger charge is 1.83. The fraction of sp³-hybridized carbons (Fsp3) is 0.100. The molecule has 0 aromatic heterocycles. The summed E-state index contributed by atoms with van der Waals surface area (Å²) in [5, 5.41) is 0. The van der Waals surface area contributed by atoms with Crippen LogP contribution in [0.3, 0.4) is 0 Å². The minimum absolute atomic E-state index is 0.0776. The van der Waals surface area contributed by atoms with E-state index < -0.39 is 0 Å². The fourth-order valence-corrected chi connectivity index (χ4v) is 0.778. The number of ketones is 1. The average Bonchev–Trinajstić information content (AvgIpc) is 2.19. The fourth-order valence-electron chi connectivity index (χ4n) is 0.778. The van der Waals surface area contributed by atoms with Crippen molar-refractivity contribution in [1.29, 1.82) is 0 Å². The van der Waals surface area contributed by atoms with Gasteiger partial charge in [-0.25, -0.2) is 0 Å². The SMILES string of the molecule is CC(=O)C=Cc1ccccc1.NN. The molecule has 0 saturated carbocycles. The normalized spacial score (nSPS) is 9.15. The van der Waals surface area contributed by atoms with E-state index in [1.54, 1.807) is 13.0 Å². The Hall–Kier alpha value is -1.45. The van der Waals surface area contributed by atoms with Gasteiger partial charge in [0, 0.05) is 0 Å². The smallest absolute Gasteiger partial charge is 0.152 e. The summed E-state index contributed by atoms with van der Waals surface area (Å²) in [6.07, 6.45) is 3.37. The van der Waals surface area contributed by atoms with Crippen molar-refractivity contribution in [1.82, 2.24) is 0 Å². The van der Waals surface area contributed by atoms with Gasteiger partial charge in [0.1, 0.15) is 0 Å². The number of benzene rings is 1. The number of hydrazine groups is 1. The van der Waals surface area contributed by atoms with Crippen molar-refractivity contribution in [3.05, 3.63) is 42.0 Å². The largest absolute Gasteiger partial charge is 0.295 e. The van der Waals surface area contributed by atoms with Crippen LogP contribution in [-0.4, -0.2) is 5.78 Å². The van der Waals surface area contributed by atoms with Crippen LogP contribution in [0.4, 0.5) is 0 Å². The first kappa shape index (κ1) is 11.6. The predicted octanol–water partition coefficient (Wildman–Crippen LogP) is 1.11. The van der Waals surface area contributed by atoms with E-state index in [1.165, 1.54) is 0 Å². The lowest BCUT2D eigenvalue weighted by molar-refractivity contribution is -0.112. The van der Waals surface area contributed by atoms with Crippen LogP contribution < -0.4 is 11.7 Å². The molecule has 0 saturated heterocycles. The highest BCUT2D eigenvalue weighted by atomic mass is 16.1. The van der Waals surface area contributed by atoms with E-state index in [9.17, 15) is 4.79 Å². The summed E-state index contributed by atoms with van der Waals surface area (Å²) in [6, 6.07) is 9.75. The summed E-state index contributed by atoms with van der Waals surface area (Å²) in [7, 11) is 0. The van der Waals surface area contributed by atoms with Crippen LogP contribution in [0.2, 0.25) is 0 Å². The number of carbonyl (C=O) groups excluding carboxylic acids is 1. The van der Waals surface area contributed by atoms with Crippen LogP contribution in [0, 0.1) is 0 Å². The summed E-state index contributed by atoms with van der Waals surface area (Å²) in [5.74, 6) is 8.08. The molecule has 1 rings (SSSR count). The summed E-state index contributed by atoms with van der Waals surface area (Å²) < 4.78 is 0. The van der Waals surface area contributed by atoms with Crippen LogP contribution in [0.5, 0.6) is 0 Å². The van der Waals surface area contributed by atoms with Crippen LogP contribution >= 0.6 is 0 Å². The zero-order valence-corrected chi connectivity index (χ0v) is 7.60. The molecular weight excluding hydrogens is 164 g/mol. The lowest BCUT2D eigenvalue weighted by Gasteiger charge is -1.88. The van der Waals surface area contributed by atoms with Gasteiger partial charge in [0.15, 0.2) is 5.78 Å². The molecule has 0 unspecified atom stereocenters. The van der Waals surface area contributed by atoms with Crippen LogP contribution in [0.15, 0.2) is 36.4 Å². The van der Waals surface area contributed by atoms with E-state index >= 15 is 0 Å². The standard InChI is InChI=1S/C10H10O.H4N2/c1-9(11)7-8-10-5-3-2-4-6-10;1-2/h2-8H,1H3;1-2H2. The maximum atomic E-state index is 10.5. The lowest BCUT2D eigenvalue weighted by atomic mass is 10.2. The van der Waals surface area contributed by atoms with E-state index in [0.717, 1.165) is 5.56 Å². The molecule has 70 valence electrons. The monoisotopic (exact) mass is 178 g/mol. The Morgan fingerprint density at radius 1 is 1.23 bits per heavy atom. The highest BCUT2D eigenvalue weighted by molar-refractivity contribution is 5.91. The van der Waals surface area contributed by atoms with E-state index in [-0.39, 0.29) is 5.78 Å². The maximum Gasteiger partial charge on any atom is 0.152 e. The van der Waals surface area contributed by atoms with Gasteiger partial charge in [-0.1, -0.05) is 36.4 Å². The maximum absolute atomic E-state index is 10.5.